The second kappa shape index (κ2) is 2.42. The smallest absolute Gasteiger partial charge is 0.253 e. The van der Waals surface area contributed by atoms with Gasteiger partial charge >= 0.3 is 0 Å². The molecular formula is C5H8F2OS. The topological polar surface area (TPSA) is 9.23 Å². The highest BCUT2D eigenvalue weighted by molar-refractivity contribution is 7.93. The zero-order chi connectivity index (χ0) is 6.91. The van der Waals surface area contributed by atoms with E-state index in [0.717, 1.165) is 12.0 Å². The minimum Gasteiger partial charge on any atom is -0.312 e. The predicted octanol–water partition coefficient (Wildman–Crippen LogP) is 2.08. The minimum absolute atomic E-state index is 0.103. The average molecular weight is 154 g/mol. The van der Waals surface area contributed by atoms with Crippen molar-refractivity contribution in [3.8, 4) is 0 Å². The highest BCUT2D eigenvalue weighted by atomic mass is 32.2. The molecule has 1 aliphatic rings. The molecular weight excluding hydrogens is 146 g/mol. The number of halogens is 2. The Morgan fingerprint density at radius 3 is 2.44 bits per heavy atom. The van der Waals surface area contributed by atoms with E-state index < -0.39 is 5.92 Å². The van der Waals surface area contributed by atoms with Crippen LogP contribution < -0.4 is 0 Å². The van der Waals surface area contributed by atoms with Crippen LogP contribution in [0, 0.1) is 0 Å². The molecule has 0 bridgehead atoms. The van der Waals surface area contributed by atoms with Gasteiger partial charge in [-0.2, -0.15) is 0 Å². The van der Waals surface area contributed by atoms with E-state index in [1.807, 2.05) is 0 Å². The molecule has 0 saturated heterocycles. The van der Waals surface area contributed by atoms with Gasteiger partial charge in [-0.3, -0.25) is 0 Å². The second-order valence-electron chi connectivity index (χ2n) is 2.15. The van der Waals surface area contributed by atoms with Crippen molar-refractivity contribution in [2.75, 3.05) is 6.26 Å². The molecule has 1 fully saturated rings. The Hall–Kier alpha value is 0.170. The van der Waals surface area contributed by atoms with E-state index in [1.54, 1.807) is 6.26 Å². The number of rotatable bonds is 2. The molecule has 0 spiro atoms. The number of hydrogen-bond acceptors (Lipinski definition) is 2. The Kier molecular flexibility index (Phi) is 1.96. The second-order valence-corrected chi connectivity index (χ2v) is 2.67. The normalized spacial score (nSPS) is 25.7. The van der Waals surface area contributed by atoms with Crippen molar-refractivity contribution in [2.24, 2.45) is 0 Å². The van der Waals surface area contributed by atoms with Gasteiger partial charge in [0.2, 0.25) is 0 Å². The minimum atomic E-state index is -2.44. The molecule has 0 atom stereocenters. The maximum atomic E-state index is 12.0. The third-order valence-electron chi connectivity index (χ3n) is 1.28. The molecule has 0 unspecified atom stereocenters. The van der Waals surface area contributed by atoms with E-state index in [-0.39, 0.29) is 18.9 Å². The molecule has 9 heavy (non-hydrogen) atoms. The van der Waals surface area contributed by atoms with Crippen molar-refractivity contribution >= 4 is 12.0 Å². The molecule has 54 valence electrons. The van der Waals surface area contributed by atoms with Gasteiger partial charge in [-0.05, 0) is 12.0 Å². The Labute approximate surface area is 57.0 Å². The fourth-order valence-electron chi connectivity index (χ4n) is 0.811. The summed E-state index contributed by atoms with van der Waals surface area (Å²) in [4.78, 5) is 0. The molecule has 0 aromatic heterocycles. The summed E-state index contributed by atoms with van der Waals surface area (Å²) in [7, 11) is 0. The van der Waals surface area contributed by atoms with Gasteiger partial charge in [0.05, 0.1) is 6.10 Å². The van der Waals surface area contributed by atoms with Gasteiger partial charge in [0.15, 0.2) is 0 Å². The summed E-state index contributed by atoms with van der Waals surface area (Å²) in [6, 6.07) is 0. The van der Waals surface area contributed by atoms with Gasteiger partial charge in [-0.15, -0.1) is 0 Å². The van der Waals surface area contributed by atoms with Crippen molar-refractivity contribution in [1.82, 2.24) is 0 Å². The van der Waals surface area contributed by atoms with E-state index in [2.05, 4.69) is 0 Å². The highest BCUT2D eigenvalue weighted by Crippen LogP contribution is 2.40. The van der Waals surface area contributed by atoms with Gasteiger partial charge in [0.1, 0.15) is 0 Å². The summed E-state index contributed by atoms with van der Waals surface area (Å²) >= 11 is 1.15. The zero-order valence-corrected chi connectivity index (χ0v) is 5.88. The van der Waals surface area contributed by atoms with E-state index in [9.17, 15) is 8.78 Å². The lowest BCUT2D eigenvalue weighted by atomic mass is 9.91. The van der Waals surface area contributed by atoms with E-state index in [1.165, 1.54) is 0 Å². The summed E-state index contributed by atoms with van der Waals surface area (Å²) in [5.74, 6) is -2.44. The van der Waals surface area contributed by atoms with Gasteiger partial charge < -0.3 is 4.18 Å². The molecule has 1 saturated carbocycles. The van der Waals surface area contributed by atoms with Crippen LogP contribution in [-0.2, 0) is 4.18 Å². The molecule has 1 nitrogen and oxygen atoms in total. The molecule has 0 aromatic rings. The van der Waals surface area contributed by atoms with Crippen LogP contribution in [0.4, 0.5) is 8.78 Å². The van der Waals surface area contributed by atoms with Crippen molar-refractivity contribution in [1.29, 1.82) is 0 Å². The average Bonchev–Trinajstić information content (AvgIpc) is 1.62. The van der Waals surface area contributed by atoms with Crippen LogP contribution in [0.1, 0.15) is 12.8 Å². The molecule has 1 rings (SSSR count). The molecule has 4 heteroatoms. The Morgan fingerprint density at radius 1 is 1.56 bits per heavy atom. The first kappa shape index (κ1) is 7.28. The van der Waals surface area contributed by atoms with Crippen LogP contribution in [0.2, 0.25) is 0 Å². The fraction of sp³-hybridized carbons (Fsp3) is 1.00. The summed E-state index contributed by atoms with van der Waals surface area (Å²) in [5.41, 5.74) is 0. The maximum Gasteiger partial charge on any atom is 0.253 e. The molecule has 0 aromatic carbocycles. The molecule has 0 N–H and O–H groups in total. The summed E-state index contributed by atoms with van der Waals surface area (Å²) in [5, 5.41) is 0. The fourth-order valence-corrected chi connectivity index (χ4v) is 1.22. The summed E-state index contributed by atoms with van der Waals surface area (Å²) in [6.07, 6.45) is 1.31. The Balaban J connectivity index is 2.12. The number of hydrogen-bond donors (Lipinski definition) is 0. The predicted molar refractivity (Wildman–Crippen MR) is 32.6 cm³/mol. The third-order valence-corrected chi connectivity index (χ3v) is 1.75. The lowest BCUT2D eigenvalue weighted by Crippen LogP contribution is -2.40. The monoisotopic (exact) mass is 154 g/mol. The van der Waals surface area contributed by atoms with Crippen LogP contribution in [-0.4, -0.2) is 18.3 Å². The van der Waals surface area contributed by atoms with Crippen molar-refractivity contribution in [3.05, 3.63) is 0 Å². The third kappa shape index (κ3) is 1.79. The molecule has 0 aliphatic heterocycles. The first-order valence-corrected chi connectivity index (χ1v) is 3.86. The van der Waals surface area contributed by atoms with Crippen molar-refractivity contribution < 1.29 is 13.0 Å². The first-order chi connectivity index (χ1) is 4.14. The van der Waals surface area contributed by atoms with Gasteiger partial charge in [0, 0.05) is 19.1 Å². The summed E-state index contributed by atoms with van der Waals surface area (Å²) in [6.45, 7) is 0. The summed E-state index contributed by atoms with van der Waals surface area (Å²) < 4.78 is 28.9. The van der Waals surface area contributed by atoms with Crippen molar-refractivity contribution in [3.63, 3.8) is 0 Å². The molecule has 0 heterocycles. The van der Waals surface area contributed by atoms with Crippen LogP contribution >= 0.6 is 12.0 Å². The maximum absolute atomic E-state index is 12.0. The first-order valence-electron chi connectivity index (χ1n) is 2.71. The molecule has 0 radical (unpaired) electrons. The van der Waals surface area contributed by atoms with E-state index in [4.69, 9.17) is 4.18 Å². The van der Waals surface area contributed by atoms with Crippen LogP contribution in [0.25, 0.3) is 0 Å². The van der Waals surface area contributed by atoms with E-state index in [0.29, 0.717) is 0 Å². The van der Waals surface area contributed by atoms with E-state index >= 15 is 0 Å². The van der Waals surface area contributed by atoms with Gasteiger partial charge in [-0.25, -0.2) is 8.78 Å². The van der Waals surface area contributed by atoms with Crippen LogP contribution in [0.5, 0.6) is 0 Å². The number of alkyl halides is 2. The lowest BCUT2D eigenvalue weighted by molar-refractivity contribution is -0.129. The zero-order valence-electron chi connectivity index (χ0n) is 5.06. The van der Waals surface area contributed by atoms with Crippen molar-refractivity contribution in [2.45, 2.75) is 24.9 Å². The van der Waals surface area contributed by atoms with Crippen LogP contribution in [0.3, 0.4) is 0 Å². The largest absolute Gasteiger partial charge is 0.312 e. The Bertz CT molecular complexity index is 99.1. The SMILES string of the molecule is CSOC1CC(F)(F)C1. The molecule has 1 aliphatic carbocycles. The lowest BCUT2D eigenvalue weighted by Gasteiger charge is -2.33. The molecule has 0 amide bonds. The van der Waals surface area contributed by atoms with Crippen LogP contribution in [0.15, 0.2) is 0 Å². The standard InChI is InChI=1S/C5H8F2OS/c1-9-8-4-2-5(6,7)3-4/h4H,2-3H2,1H3. The quantitative estimate of drug-likeness (QED) is 0.563. The Morgan fingerprint density at radius 2 is 2.11 bits per heavy atom. The highest BCUT2D eigenvalue weighted by Gasteiger charge is 2.46. The van der Waals surface area contributed by atoms with Gasteiger partial charge in [-0.1, -0.05) is 0 Å². The van der Waals surface area contributed by atoms with Gasteiger partial charge in [0.25, 0.3) is 5.92 Å².